The van der Waals surface area contributed by atoms with Crippen LogP contribution < -0.4 is 5.32 Å². The number of likely N-dealkylation sites (tertiary alicyclic amines) is 1. The topological polar surface area (TPSA) is 117 Å². The number of aromatic nitrogens is 4. The number of benzene rings is 1. The van der Waals surface area contributed by atoms with Crippen LogP contribution in [0.4, 0.5) is 8.78 Å². The van der Waals surface area contributed by atoms with Gasteiger partial charge in [0.25, 0.3) is 11.8 Å². The molecule has 9 nitrogen and oxygen atoms in total. The van der Waals surface area contributed by atoms with Crippen LogP contribution in [0.2, 0.25) is 0 Å². The van der Waals surface area contributed by atoms with Gasteiger partial charge in [0, 0.05) is 24.2 Å². The second kappa shape index (κ2) is 8.30. The molecule has 1 N–H and O–H groups in total. The van der Waals surface area contributed by atoms with Crippen LogP contribution in [0.3, 0.4) is 0 Å². The summed E-state index contributed by atoms with van der Waals surface area (Å²) in [5.74, 6) is -3.90. The maximum atomic E-state index is 13.5. The Morgan fingerprint density at radius 3 is 2.91 bits per heavy atom. The van der Waals surface area contributed by atoms with E-state index >= 15 is 0 Å². The fourth-order valence-electron chi connectivity index (χ4n) is 3.60. The molecule has 1 atom stereocenters. The Morgan fingerprint density at radius 1 is 1.34 bits per heavy atom. The van der Waals surface area contributed by atoms with Crippen molar-refractivity contribution in [3.05, 3.63) is 53.7 Å². The number of carbonyl (C=O) groups is 2. The number of fused-ring (bicyclic) bond motifs is 1. The van der Waals surface area contributed by atoms with Gasteiger partial charge in [-0.25, -0.2) is 18.7 Å². The quantitative estimate of drug-likeness (QED) is 0.646. The molecule has 1 aromatic carbocycles. The molecule has 11 heteroatoms. The lowest BCUT2D eigenvalue weighted by Gasteiger charge is -2.19. The molecule has 2 amide bonds. The van der Waals surface area contributed by atoms with Crippen molar-refractivity contribution in [2.45, 2.75) is 31.9 Å². The Hall–Kier alpha value is -3.94. The normalized spacial score (nSPS) is 17.3. The van der Waals surface area contributed by atoms with Crippen molar-refractivity contribution in [2.24, 2.45) is 0 Å². The zero-order chi connectivity index (χ0) is 22.9. The highest BCUT2D eigenvalue weighted by atomic mass is 19.3. The number of nitrogens with zero attached hydrogens (tertiary/aromatic N) is 6. The van der Waals surface area contributed by atoms with E-state index in [0.29, 0.717) is 11.5 Å². The predicted molar refractivity (Wildman–Crippen MR) is 109 cm³/mol. The number of halogens is 2. The van der Waals surface area contributed by atoms with E-state index in [2.05, 4.69) is 20.4 Å². The maximum Gasteiger partial charge on any atom is 0.268 e. The largest absolute Gasteiger partial charge is 0.343 e. The first-order valence-electron chi connectivity index (χ1n) is 9.85. The predicted octanol–water partition coefficient (Wildman–Crippen LogP) is 1.67. The number of hydrogen-bond donors (Lipinski definition) is 1. The van der Waals surface area contributed by atoms with Crippen molar-refractivity contribution in [2.75, 3.05) is 13.1 Å². The van der Waals surface area contributed by atoms with Crippen LogP contribution in [-0.4, -0.2) is 61.5 Å². The smallest absolute Gasteiger partial charge is 0.268 e. The number of rotatable bonds is 5. The SMILES string of the molecule is Cc1nn(Cc2ncc3ccccc3n2)cc1C(=O)NCC(=O)N1CC(F)(F)C[C@H]1C#N. The van der Waals surface area contributed by atoms with Gasteiger partial charge < -0.3 is 10.2 Å². The van der Waals surface area contributed by atoms with Crippen molar-refractivity contribution in [1.29, 1.82) is 5.26 Å². The summed E-state index contributed by atoms with van der Waals surface area (Å²) >= 11 is 0. The monoisotopic (exact) mass is 439 g/mol. The van der Waals surface area contributed by atoms with Gasteiger partial charge in [0.1, 0.15) is 18.4 Å². The zero-order valence-electron chi connectivity index (χ0n) is 17.1. The Labute approximate surface area is 181 Å². The average Bonchev–Trinajstić information content (AvgIpc) is 3.29. The summed E-state index contributed by atoms with van der Waals surface area (Å²) in [5, 5.41) is 16.6. The van der Waals surface area contributed by atoms with Gasteiger partial charge in [-0.05, 0) is 13.0 Å². The van der Waals surface area contributed by atoms with Gasteiger partial charge in [-0.2, -0.15) is 10.4 Å². The molecule has 0 unspecified atom stereocenters. The van der Waals surface area contributed by atoms with Gasteiger partial charge in [-0.1, -0.05) is 18.2 Å². The molecular formula is C21H19F2N7O2. The first kappa shape index (κ1) is 21.3. The van der Waals surface area contributed by atoms with Crippen LogP contribution in [0.5, 0.6) is 0 Å². The molecule has 164 valence electrons. The Balaban J connectivity index is 1.40. The van der Waals surface area contributed by atoms with Crippen LogP contribution in [0.1, 0.15) is 28.3 Å². The van der Waals surface area contributed by atoms with Gasteiger partial charge >= 0.3 is 0 Å². The van der Waals surface area contributed by atoms with Crippen molar-refractivity contribution < 1.29 is 18.4 Å². The van der Waals surface area contributed by atoms with E-state index in [0.717, 1.165) is 15.8 Å². The molecule has 0 saturated carbocycles. The highest BCUT2D eigenvalue weighted by Crippen LogP contribution is 2.31. The lowest BCUT2D eigenvalue weighted by atomic mass is 10.2. The Morgan fingerprint density at radius 2 is 2.12 bits per heavy atom. The molecule has 0 spiro atoms. The number of aryl methyl sites for hydroxylation is 1. The molecule has 3 aromatic rings. The Kier molecular flexibility index (Phi) is 5.52. The van der Waals surface area contributed by atoms with Gasteiger partial charge in [0.15, 0.2) is 0 Å². The van der Waals surface area contributed by atoms with Crippen LogP contribution >= 0.6 is 0 Å². The van der Waals surface area contributed by atoms with Gasteiger partial charge in [0.05, 0.1) is 35.9 Å². The van der Waals surface area contributed by atoms with E-state index in [1.165, 1.54) is 10.9 Å². The second-order valence-corrected chi connectivity index (χ2v) is 7.58. The van der Waals surface area contributed by atoms with E-state index in [4.69, 9.17) is 5.26 Å². The fourth-order valence-corrected chi connectivity index (χ4v) is 3.60. The summed E-state index contributed by atoms with van der Waals surface area (Å²) in [4.78, 5) is 34.4. The van der Waals surface area contributed by atoms with E-state index in [-0.39, 0.29) is 12.1 Å². The zero-order valence-corrected chi connectivity index (χ0v) is 17.1. The molecule has 1 aliphatic heterocycles. The van der Waals surface area contributed by atoms with E-state index < -0.39 is 43.3 Å². The van der Waals surface area contributed by atoms with Crippen molar-refractivity contribution >= 4 is 22.7 Å². The summed E-state index contributed by atoms with van der Waals surface area (Å²) in [6.07, 6.45) is 2.52. The molecule has 1 saturated heterocycles. The lowest BCUT2D eigenvalue weighted by molar-refractivity contribution is -0.131. The highest BCUT2D eigenvalue weighted by molar-refractivity contribution is 5.97. The fraction of sp³-hybridized carbons (Fsp3) is 0.333. The minimum atomic E-state index is -3.11. The van der Waals surface area contributed by atoms with E-state index in [9.17, 15) is 18.4 Å². The number of nitrogens with one attached hydrogen (secondary N) is 1. The third-order valence-corrected chi connectivity index (χ3v) is 5.17. The van der Waals surface area contributed by atoms with Crippen LogP contribution in [-0.2, 0) is 11.3 Å². The molecule has 0 bridgehead atoms. The minimum absolute atomic E-state index is 0.238. The standard InChI is InChI=1S/C21H19F2N7O2/c1-13-16(20(32)26-9-19(31)30-12-21(22,23)6-15(30)7-24)10-29(28-13)11-18-25-8-14-4-2-3-5-17(14)27-18/h2-5,8,10,15H,6,9,11-12H2,1H3,(H,26,32)/t15-/m0/s1. The number of para-hydroxylation sites is 1. The second-order valence-electron chi connectivity index (χ2n) is 7.58. The van der Waals surface area contributed by atoms with Crippen molar-refractivity contribution in [3.63, 3.8) is 0 Å². The molecule has 3 heterocycles. The van der Waals surface area contributed by atoms with Gasteiger partial charge in [-0.3, -0.25) is 14.3 Å². The summed E-state index contributed by atoms with van der Waals surface area (Å²) in [6, 6.07) is 8.05. The summed E-state index contributed by atoms with van der Waals surface area (Å²) in [6.45, 7) is 0.556. The number of carbonyl (C=O) groups excluding carboxylic acids is 2. The third kappa shape index (κ3) is 4.39. The minimum Gasteiger partial charge on any atom is -0.343 e. The molecule has 1 fully saturated rings. The average molecular weight is 439 g/mol. The molecular weight excluding hydrogens is 420 g/mol. The van der Waals surface area contributed by atoms with E-state index in [1.807, 2.05) is 24.3 Å². The first-order chi connectivity index (χ1) is 15.3. The maximum absolute atomic E-state index is 13.5. The van der Waals surface area contributed by atoms with Crippen LogP contribution in [0, 0.1) is 18.3 Å². The molecule has 0 radical (unpaired) electrons. The summed E-state index contributed by atoms with van der Waals surface area (Å²) in [5.41, 5.74) is 1.46. The number of hydrogen-bond acceptors (Lipinski definition) is 6. The van der Waals surface area contributed by atoms with Crippen molar-refractivity contribution in [1.82, 2.24) is 30.0 Å². The van der Waals surface area contributed by atoms with Crippen LogP contribution in [0.25, 0.3) is 10.9 Å². The summed E-state index contributed by atoms with van der Waals surface area (Å²) in [7, 11) is 0. The van der Waals surface area contributed by atoms with Crippen molar-refractivity contribution in [3.8, 4) is 6.07 Å². The Bertz CT molecular complexity index is 1230. The van der Waals surface area contributed by atoms with Crippen LogP contribution in [0.15, 0.2) is 36.7 Å². The first-order valence-corrected chi connectivity index (χ1v) is 9.85. The third-order valence-electron chi connectivity index (χ3n) is 5.17. The van der Waals surface area contributed by atoms with Gasteiger partial charge in [-0.15, -0.1) is 0 Å². The van der Waals surface area contributed by atoms with E-state index in [1.54, 1.807) is 19.2 Å². The number of nitriles is 1. The molecule has 0 aliphatic carbocycles. The number of amides is 2. The highest BCUT2D eigenvalue weighted by Gasteiger charge is 2.47. The van der Waals surface area contributed by atoms with Gasteiger partial charge in [0.2, 0.25) is 5.91 Å². The lowest BCUT2D eigenvalue weighted by Crippen LogP contribution is -2.43. The summed E-state index contributed by atoms with van der Waals surface area (Å²) < 4.78 is 28.6. The molecule has 4 rings (SSSR count). The number of alkyl halides is 2. The molecule has 2 aromatic heterocycles. The molecule has 1 aliphatic rings. The molecule has 32 heavy (non-hydrogen) atoms.